The Morgan fingerprint density at radius 3 is 2.57 bits per heavy atom. The molecular formula is C23H18N2O4S. The molecule has 0 bridgehead atoms. The van der Waals surface area contributed by atoms with E-state index in [1.807, 2.05) is 36.4 Å². The Hall–Kier alpha value is -3.71. The zero-order chi connectivity index (χ0) is 20.9. The van der Waals surface area contributed by atoms with Gasteiger partial charge in [-0.25, -0.2) is 9.78 Å². The van der Waals surface area contributed by atoms with Crippen LogP contribution in [0, 0.1) is 0 Å². The zero-order valence-corrected chi connectivity index (χ0v) is 16.9. The van der Waals surface area contributed by atoms with E-state index in [0.29, 0.717) is 39.9 Å². The van der Waals surface area contributed by atoms with Crippen LogP contribution in [0.2, 0.25) is 0 Å². The van der Waals surface area contributed by atoms with E-state index in [4.69, 9.17) is 9.47 Å². The van der Waals surface area contributed by atoms with E-state index in [2.05, 4.69) is 10.3 Å². The van der Waals surface area contributed by atoms with Crippen LogP contribution in [0.4, 0.5) is 5.13 Å². The van der Waals surface area contributed by atoms with Crippen LogP contribution in [0.3, 0.4) is 0 Å². The summed E-state index contributed by atoms with van der Waals surface area (Å²) in [4.78, 5) is 29.2. The van der Waals surface area contributed by atoms with Crippen molar-refractivity contribution in [1.29, 1.82) is 0 Å². The quantitative estimate of drug-likeness (QED) is 0.417. The van der Waals surface area contributed by atoms with E-state index >= 15 is 0 Å². The summed E-state index contributed by atoms with van der Waals surface area (Å²) in [6.45, 7) is 2.07. The number of rotatable bonds is 6. The highest BCUT2D eigenvalue weighted by atomic mass is 32.1. The molecule has 3 aromatic carbocycles. The summed E-state index contributed by atoms with van der Waals surface area (Å²) in [7, 11) is 0. The largest absolute Gasteiger partial charge is 0.462 e. The van der Waals surface area contributed by atoms with Gasteiger partial charge in [0.05, 0.1) is 28.0 Å². The monoisotopic (exact) mass is 418 g/mol. The first-order valence-corrected chi connectivity index (χ1v) is 10.2. The normalized spacial score (nSPS) is 10.6. The minimum atomic E-state index is -0.384. The van der Waals surface area contributed by atoms with Crippen LogP contribution in [-0.4, -0.2) is 23.5 Å². The molecular weight excluding hydrogens is 400 g/mol. The van der Waals surface area contributed by atoms with Crippen LogP contribution >= 0.6 is 11.3 Å². The lowest BCUT2D eigenvalue weighted by Crippen LogP contribution is -2.12. The van der Waals surface area contributed by atoms with Gasteiger partial charge in [-0.1, -0.05) is 41.7 Å². The van der Waals surface area contributed by atoms with Crippen molar-refractivity contribution in [3.63, 3.8) is 0 Å². The maximum absolute atomic E-state index is 12.9. The highest BCUT2D eigenvalue weighted by molar-refractivity contribution is 7.22. The van der Waals surface area contributed by atoms with Gasteiger partial charge >= 0.3 is 5.97 Å². The number of nitrogens with one attached hydrogen (secondary N) is 1. The van der Waals surface area contributed by atoms with Crippen molar-refractivity contribution in [1.82, 2.24) is 4.98 Å². The third-order valence-corrected chi connectivity index (χ3v) is 5.16. The van der Waals surface area contributed by atoms with Crippen LogP contribution in [0.1, 0.15) is 27.6 Å². The highest BCUT2D eigenvalue weighted by Crippen LogP contribution is 2.29. The van der Waals surface area contributed by atoms with Gasteiger partial charge in [0.15, 0.2) is 5.13 Å². The number of hydrogen-bond donors (Lipinski definition) is 1. The molecule has 7 heteroatoms. The van der Waals surface area contributed by atoms with Gasteiger partial charge in [0, 0.05) is 0 Å². The summed E-state index contributed by atoms with van der Waals surface area (Å²) in [5.74, 6) is 0.382. The SMILES string of the molecule is CCOC(=O)c1ccc2nc(NC(=O)c3ccccc3Oc3ccccc3)sc2c1. The number of amides is 1. The van der Waals surface area contributed by atoms with E-state index in [9.17, 15) is 9.59 Å². The number of para-hydroxylation sites is 2. The maximum atomic E-state index is 12.9. The van der Waals surface area contributed by atoms with Crippen molar-refractivity contribution in [2.45, 2.75) is 6.92 Å². The predicted octanol–water partition coefficient (Wildman–Crippen LogP) is 5.52. The third-order valence-electron chi connectivity index (χ3n) is 4.22. The number of fused-ring (bicyclic) bond motifs is 1. The summed E-state index contributed by atoms with van der Waals surface area (Å²) < 4.78 is 11.7. The summed E-state index contributed by atoms with van der Waals surface area (Å²) >= 11 is 1.29. The first kappa shape index (κ1) is 19.6. The molecule has 4 aromatic rings. The number of aromatic nitrogens is 1. The van der Waals surface area contributed by atoms with E-state index in [1.54, 1.807) is 43.3 Å². The molecule has 1 heterocycles. The average Bonchev–Trinajstić information content (AvgIpc) is 3.16. The maximum Gasteiger partial charge on any atom is 0.338 e. The molecule has 0 spiro atoms. The number of carbonyl (C=O) groups excluding carboxylic acids is 2. The molecule has 0 fully saturated rings. The number of esters is 1. The van der Waals surface area contributed by atoms with Crippen LogP contribution in [0.5, 0.6) is 11.5 Å². The lowest BCUT2D eigenvalue weighted by atomic mass is 10.2. The van der Waals surface area contributed by atoms with Gasteiger partial charge in [0.2, 0.25) is 0 Å². The molecule has 4 rings (SSSR count). The Balaban J connectivity index is 1.55. The molecule has 0 saturated heterocycles. The first-order chi connectivity index (χ1) is 14.6. The smallest absolute Gasteiger partial charge is 0.338 e. The number of hydrogen-bond acceptors (Lipinski definition) is 6. The van der Waals surface area contributed by atoms with Crippen LogP contribution in [0.15, 0.2) is 72.8 Å². The molecule has 0 saturated carbocycles. The Kier molecular flexibility index (Phi) is 5.72. The van der Waals surface area contributed by atoms with Crippen molar-refractivity contribution in [3.8, 4) is 11.5 Å². The van der Waals surface area contributed by atoms with Gasteiger partial charge in [-0.2, -0.15) is 0 Å². The molecule has 0 unspecified atom stereocenters. The summed E-state index contributed by atoms with van der Waals surface area (Å²) in [6.07, 6.45) is 0. The molecule has 150 valence electrons. The third kappa shape index (κ3) is 4.31. The molecule has 1 N–H and O–H groups in total. The number of ether oxygens (including phenoxy) is 2. The van der Waals surface area contributed by atoms with E-state index in [1.165, 1.54) is 11.3 Å². The molecule has 0 aliphatic heterocycles. The number of carbonyl (C=O) groups is 2. The lowest BCUT2D eigenvalue weighted by Gasteiger charge is -2.10. The van der Waals surface area contributed by atoms with Gasteiger partial charge in [-0.3, -0.25) is 10.1 Å². The van der Waals surface area contributed by atoms with Crippen molar-refractivity contribution >= 4 is 38.6 Å². The summed E-state index contributed by atoms with van der Waals surface area (Å²) in [5.41, 5.74) is 1.54. The standard InChI is InChI=1S/C23H18N2O4S/c1-2-28-22(27)15-12-13-18-20(14-15)30-23(24-18)25-21(26)17-10-6-7-11-19(17)29-16-8-4-3-5-9-16/h3-14H,2H2,1H3,(H,24,25,26). The van der Waals surface area contributed by atoms with E-state index < -0.39 is 0 Å². The van der Waals surface area contributed by atoms with Gasteiger partial charge in [0.1, 0.15) is 11.5 Å². The second-order valence-electron chi connectivity index (χ2n) is 6.29. The van der Waals surface area contributed by atoms with Crippen molar-refractivity contribution in [2.75, 3.05) is 11.9 Å². The van der Waals surface area contributed by atoms with E-state index in [-0.39, 0.29) is 11.9 Å². The van der Waals surface area contributed by atoms with Gasteiger partial charge < -0.3 is 9.47 Å². The molecule has 1 aromatic heterocycles. The number of anilines is 1. The Morgan fingerprint density at radius 2 is 1.77 bits per heavy atom. The molecule has 1 amide bonds. The fraction of sp³-hybridized carbons (Fsp3) is 0.0870. The lowest BCUT2D eigenvalue weighted by molar-refractivity contribution is 0.0526. The zero-order valence-electron chi connectivity index (χ0n) is 16.1. The van der Waals surface area contributed by atoms with Gasteiger partial charge in [-0.15, -0.1) is 0 Å². The van der Waals surface area contributed by atoms with Crippen molar-refractivity contribution in [3.05, 3.63) is 83.9 Å². The Bertz CT molecular complexity index is 1200. The summed E-state index contributed by atoms with van der Waals surface area (Å²) in [6, 6.07) is 21.4. The van der Waals surface area contributed by atoms with Crippen LogP contribution in [0.25, 0.3) is 10.2 Å². The fourth-order valence-electron chi connectivity index (χ4n) is 2.84. The number of nitrogens with zero attached hydrogens (tertiary/aromatic N) is 1. The highest BCUT2D eigenvalue weighted by Gasteiger charge is 2.16. The molecule has 0 atom stereocenters. The second-order valence-corrected chi connectivity index (χ2v) is 7.32. The van der Waals surface area contributed by atoms with Gasteiger partial charge in [0.25, 0.3) is 5.91 Å². The van der Waals surface area contributed by atoms with Crippen molar-refractivity contribution in [2.24, 2.45) is 0 Å². The van der Waals surface area contributed by atoms with Gasteiger partial charge in [-0.05, 0) is 49.4 Å². The average molecular weight is 418 g/mol. The minimum Gasteiger partial charge on any atom is -0.462 e. The fourth-order valence-corrected chi connectivity index (χ4v) is 3.74. The topological polar surface area (TPSA) is 77.5 Å². The molecule has 30 heavy (non-hydrogen) atoms. The molecule has 0 aliphatic rings. The van der Waals surface area contributed by atoms with Crippen LogP contribution < -0.4 is 10.1 Å². The Morgan fingerprint density at radius 1 is 1.00 bits per heavy atom. The Labute approximate surface area is 177 Å². The van der Waals surface area contributed by atoms with Crippen molar-refractivity contribution < 1.29 is 19.1 Å². The summed E-state index contributed by atoms with van der Waals surface area (Å²) in [5, 5.41) is 3.26. The molecule has 0 aliphatic carbocycles. The van der Waals surface area contributed by atoms with E-state index in [0.717, 1.165) is 4.70 Å². The van der Waals surface area contributed by atoms with Crippen LogP contribution in [-0.2, 0) is 4.74 Å². The minimum absolute atomic E-state index is 0.311. The molecule has 0 radical (unpaired) electrons. The second kappa shape index (κ2) is 8.75. The number of thiazole rings is 1. The predicted molar refractivity (Wildman–Crippen MR) is 116 cm³/mol. The number of benzene rings is 3. The molecule has 6 nitrogen and oxygen atoms in total. The first-order valence-electron chi connectivity index (χ1n) is 9.35.